The standard InChI is InChI=1S/C33H35Br2N3O6/c1-8-42-27-14-21(29(34)30(35)31(27)43-17-28(39)44-19(4)5)16-36-38-32(37-25-12-10-9-11-22(25)33(38)40)24-15-23(18(2)3)26(41-7)13-20(24)6/h9-16,18-19H,8,17H2,1-7H3. The summed E-state index contributed by atoms with van der Waals surface area (Å²) < 4.78 is 24.9. The third-order valence-electron chi connectivity index (χ3n) is 6.66. The summed E-state index contributed by atoms with van der Waals surface area (Å²) in [6, 6.07) is 12.9. The second-order valence-corrected chi connectivity index (χ2v) is 12.1. The van der Waals surface area contributed by atoms with E-state index in [2.05, 4.69) is 50.8 Å². The highest BCUT2D eigenvalue weighted by molar-refractivity contribution is 9.13. The van der Waals surface area contributed by atoms with Crippen molar-refractivity contribution in [1.29, 1.82) is 0 Å². The van der Waals surface area contributed by atoms with Gasteiger partial charge in [0.1, 0.15) is 5.75 Å². The van der Waals surface area contributed by atoms with Gasteiger partial charge in [0, 0.05) is 15.6 Å². The molecule has 0 saturated heterocycles. The average Bonchev–Trinajstić information content (AvgIpc) is 2.98. The van der Waals surface area contributed by atoms with Crippen molar-refractivity contribution in [1.82, 2.24) is 9.66 Å². The van der Waals surface area contributed by atoms with Gasteiger partial charge in [0.05, 0.1) is 41.4 Å². The second-order valence-electron chi connectivity index (χ2n) is 10.6. The largest absolute Gasteiger partial charge is 0.496 e. The molecule has 11 heteroatoms. The van der Waals surface area contributed by atoms with Gasteiger partial charge >= 0.3 is 5.97 Å². The van der Waals surface area contributed by atoms with E-state index < -0.39 is 5.97 Å². The van der Waals surface area contributed by atoms with E-state index in [0.29, 0.717) is 49.3 Å². The molecule has 0 saturated carbocycles. The Kier molecular flexibility index (Phi) is 10.9. The minimum Gasteiger partial charge on any atom is -0.496 e. The molecule has 4 aromatic rings. The number of hydrogen-bond donors (Lipinski definition) is 0. The summed E-state index contributed by atoms with van der Waals surface area (Å²) in [5, 5.41) is 5.11. The Labute approximate surface area is 273 Å². The number of ether oxygens (including phenoxy) is 4. The fraction of sp³-hybridized carbons (Fsp3) is 0.333. The molecule has 1 heterocycles. The molecule has 0 fully saturated rings. The molecule has 0 aliphatic rings. The van der Waals surface area contributed by atoms with E-state index in [0.717, 1.165) is 22.4 Å². The number of benzene rings is 3. The van der Waals surface area contributed by atoms with E-state index in [-0.39, 0.29) is 24.2 Å². The maximum absolute atomic E-state index is 13.9. The zero-order chi connectivity index (χ0) is 32.1. The molecule has 4 rings (SSSR count). The molecule has 0 spiro atoms. The molecule has 0 atom stereocenters. The Morgan fingerprint density at radius 2 is 1.77 bits per heavy atom. The van der Waals surface area contributed by atoms with Gasteiger partial charge in [-0.25, -0.2) is 9.78 Å². The number of halogens is 2. The molecule has 44 heavy (non-hydrogen) atoms. The molecule has 1 aromatic heterocycles. The summed E-state index contributed by atoms with van der Waals surface area (Å²) in [6.45, 7) is 11.6. The topological polar surface area (TPSA) is 101 Å². The van der Waals surface area contributed by atoms with Gasteiger partial charge in [0.15, 0.2) is 23.9 Å². The number of aryl methyl sites for hydroxylation is 1. The summed E-state index contributed by atoms with van der Waals surface area (Å²) in [5.74, 6) is 1.57. The quantitative estimate of drug-likeness (QED) is 0.116. The number of hydrogen-bond acceptors (Lipinski definition) is 8. The summed E-state index contributed by atoms with van der Waals surface area (Å²) in [4.78, 5) is 30.9. The third kappa shape index (κ3) is 7.15. The lowest BCUT2D eigenvalue weighted by molar-refractivity contribution is -0.149. The minimum absolute atomic E-state index is 0.173. The highest BCUT2D eigenvalue weighted by atomic mass is 79.9. The first-order valence-corrected chi connectivity index (χ1v) is 15.8. The maximum atomic E-state index is 13.9. The molecule has 0 unspecified atom stereocenters. The van der Waals surface area contributed by atoms with Gasteiger partial charge < -0.3 is 18.9 Å². The van der Waals surface area contributed by atoms with Crippen LogP contribution in [0.5, 0.6) is 17.2 Å². The predicted molar refractivity (Wildman–Crippen MR) is 180 cm³/mol. The van der Waals surface area contributed by atoms with Gasteiger partial charge in [-0.3, -0.25) is 4.79 Å². The van der Waals surface area contributed by atoms with Gasteiger partial charge in [-0.15, -0.1) is 0 Å². The fourth-order valence-corrected chi connectivity index (χ4v) is 5.55. The van der Waals surface area contributed by atoms with Crippen LogP contribution in [-0.4, -0.2) is 48.3 Å². The minimum atomic E-state index is -0.499. The number of fused-ring (bicyclic) bond motifs is 1. The molecular formula is C33H35Br2N3O6. The molecule has 0 amide bonds. The Balaban J connectivity index is 1.87. The first-order valence-electron chi connectivity index (χ1n) is 14.2. The molecule has 3 aromatic carbocycles. The number of carbonyl (C=O) groups is 1. The van der Waals surface area contributed by atoms with E-state index in [1.54, 1.807) is 45.4 Å². The Bertz CT molecular complexity index is 1780. The number of rotatable bonds is 11. The van der Waals surface area contributed by atoms with Crippen LogP contribution in [-0.2, 0) is 9.53 Å². The predicted octanol–water partition coefficient (Wildman–Crippen LogP) is 7.64. The Hall–Kier alpha value is -3.70. The van der Waals surface area contributed by atoms with Gasteiger partial charge in [-0.2, -0.15) is 9.78 Å². The lowest BCUT2D eigenvalue weighted by Gasteiger charge is -2.18. The molecule has 0 aliphatic carbocycles. The van der Waals surface area contributed by atoms with Gasteiger partial charge in [0.2, 0.25) is 0 Å². The summed E-state index contributed by atoms with van der Waals surface area (Å²) in [7, 11) is 1.65. The number of methoxy groups -OCH3 is 1. The first kappa shape index (κ1) is 33.2. The highest BCUT2D eigenvalue weighted by Gasteiger charge is 2.21. The van der Waals surface area contributed by atoms with Crippen LogP contribution in [0, 0.1) is 6.92 Å². The van der Waals surface area contributed by atoms with Crippen LogP contribution in [0.3, 0.4) is 0 Å². The van der Waals surface area contributed by atoms with E-state index in [1.807, 2.05) is 38.1 Å². The van der Waals surface area contributed by atoms with Crippen molar-refractivity contribution in [3.05, 3.63) is 78.5 Å². The van der Waals surface area contributed by atoms with Crippen molar-refractivity contribution in [2.24, 2.45) is 5.10 Å². The van der Waals surface area contributed by atoms with E-state index in [1.165, 1.54) is 4.68 Å². The number of esters is 1. The van der Waals surface area contributed by atoms with E-state index in [9.17, 15) is 9.59 Å². The first-order chi connectivity index (χ1) is 21.0. The fourth-order valence-electron chi connectivity index (χ4n) is 4.62. The van der Waals surface area contributed by atoms with Crippen molar-refractivity contribution >= 4 is 54.9 Å². The van der Waals surface area contributed by atoms with Crippen molar-refractivity contribution in [2.75, 3.05) is 20.3 Å². The SMILES string of the molecule is CCOc1cc(C=Nn2c(-c3cc(C(C)C)c(OC)cc3C)nc3ccccc3c2=O)c(Br)c(Br)c1OCC(=O)OC(C)C. The molecule has 0 N–H and O–H groups in total. The van der Waals surface area contributed by atoms with Crippen LogP contribution in [0.4, 0.5) is 0 Å². The Morgan fingerprint density at radius 1 is 1.05 bits per heavy atom. The monoisotopic (exact) mass is 727 g/mol. The molecule has 0 radical (unpaired) electrons. The van der Waals surface area contributed by atoms with Crippen molar-refractivity contribution < 1.29 is 23.7 Å². The second kappa shape index (κ2) is 14.4. The summed E-state index contributed by atoms with van der Waals surface area (Å²) >= 11 is 7.17. The average molecular weight is 729 g/mol. The third-order valence-corrected chi connectivity index (χ3v) is 8.81. The van der Waals surface area contributed by atoms with Gasteiger partial charge in [-0.1, -0.05) is 26.0 Å². The normalized spacial score (nSPS) is 11.5. The Morgan fingerprint density at radius 3 is 2.43 bits per heavy atom. The summed E-state index contributed by atoms with van der Waals surface area (Å²) in [5.41, 5.74) is 3.50. The molecule has 9 nitrogen and oxygen atoms in total. The lowest BCUT2D eigenvalue weighted by Crippen LogP contribution is -2.21. The number of nitrogens with zero attached hydrogens (tertiary/aromatic N) is 3. The van der Waals surface area contributed by atoms with Crippen molar-refractivity contribution in [3.8, 4) is 28.6 Å². The summed E-state index contributed by atoms with van der Waals surface area (Å²) in [6.07, 6.45) is 1.29. The molecular weight excluding hydrogens is 694 g/mol. The number of carbonyl (C=O) groups excluding carboxylic acids is 1. The van der Waals surface area contributed by atoms with Crippen molar-refractivity contribution in [3.63, 3.8) is 0 Å². The zero-order valence-corrected chi connectivity index (χ0v) is 28.9. The maximum Gasteiger partial charge on any atom is 0.344 e. The smallest absolute Gasteiger partial charge is 0.344 e. The van der Waals surface area contributed by atoms with Crippen LogP contribution in [0.2, 0.25) is 0 Å². The molecule has 0 bridgehead atoms. The van der Waals surface area contributed by atoms with Crippen molar-refractivity contribution in [2.45, 2.75) is 53.6 Å². The van der Waals surface area contributed by atoms with Crippen LogP contribution < -0.4 is 19.8 Å². The number of aromatic nitrogens is 2. The van der Waals surface area contributed by atoms with Gasteiger partial charge in [0.25, 0.3) is 5.56 Å². The highest BCUT2D eigenvalue weighted by Crippen LogP contribution is 2.42. The zero-order valence-electron chi connectivity index (χ0n) is 25.7. The van der Waals surface area contributed by atoms with E-state index >= 15 is 0 Å². The van der Waals surface area contributed by atoms with Crippen LogP contribution in [0.25, 0.3) is 22.3 Å². The van der Waals surface area contributed by atoms with Crippen LogP contribution in [0.1, 0.15) is 57.2 Å². The van der Waals surface area contributed by atoms with E-state index in [4.69, 9.17) is 23.9 Å². The number of para-hydroxylation sites is 1. The van der Waals surface area contributed by atoms with Crippen LogP contribution >= 0.6 is 31.9 Å². The van der Waals surface area contributed by atoms with Gasteiger partial charge in [-0.05, 0) is 107 Å². The molecule has 232 valence electrons. The lowest BCUT2D eigenvalue weighted by atomic mass is 9.96. The van der Waals surface area contributed by atoms with Crippen LogP contribution in [0.15, 0.2) is 61.3 Å². The molecule has 0 aliphatic heterocycles.